The summed E-state index contributed by atoms with van der Waals surface area (Å²) < 4.78 is 0. The molecule has 0 aromatic carbocycles. The van der Waals surface area contributed by atoms with Crippen LogP contribution in [0, 0.1) is 17.8 Å². The number of aliphatic hydroxyl groups is 1. The number of carbonyl (C=O) groups is 2. The van der Waals surface area contributed by atoms with E-state index in [0.29, 0.717) is 12.5 Å². The van der Waals surface area contributed by atoms with Gasteiger partial charge in [-0.2, -0.15) is 0 Å². The van der Waals surface area contributed by atoms with Crippen molar-refractivity contribution in [1.29, 1.82) is 0 Å². The van der Waals surface area contributed by atoms with E-state index in [0.717, 1.165) is 19.3 Å². The molecule has 16 heavy (non-hydrogen) atoms. The molecule has 1 heterocycles. The van der Waals surface area contributed by atoms with E-state index in [1.54, 1.807) is 0 Å². The third-order valence-electron chi connectivity index (χ3n) is 4.02. The van der Waals surface area contributed by atoms with Gasteiger partial charge in [0.1, 0.15) is 0 Å². The number of imide groups is 1. The first-order valence-electron chi connectivity index (χ1n) is 6.04. The lowest BCUT2D eigenvalue weighted by molar-refractivity contribution is -0.140. The molecular weight excluding hydrogens is 206 g/mol. The molecule has 2 amide bonds. The second-order valence-corrected chi connectivity index (χ2v) is 5.20. The topological polar surface area (TPSA) is 57.6 Å². The highest BCUT2D eigenvalue weighted by molar-refractivity contribution is 6.04. The molecule has 0 spiro atoms. The SMILES string of the molecule is CC1C(=O)N(CC2CCC(O)C2)C(=O)C1C. The van der Waals surface area contributed by atoms with Crippen molar-refractivity contribution in [3.63, 3.8) is 0 Å². The van der Waals surface area contributed by atoms with Gasteiger partial charge in [0.15, 0.2) is 0 Å². The summed E-state index contributed by atoms with van der Waals surface area (Å²) in [5, 5.41) is 9.42. The fraction of sp³-hybridized carbons (Fsp3) is 0.833. The molecule has 0 bridgehead atoms. The number of hydrogen-bond donors (Lipinski definition) is 1. The van der Waals surface area contributed by atoms with Gasteiger partial charge in [0, 0.05) is 18.4 Å². The first-order chi connectivity index (χ1) is 7.50. The zero-order valence-electron chi connectivity index (χ0n) is 9.85. The lowest BCUT2D eigenvalue weighted by Gasteiger charge is -2.18. The van der Waals surface area contributed by atoms with Gasteiger partial charge >= 0.3 is 0 Å². The fourth-order valence-electron chi connectivity index (χ4n) is 2.68. The summed E-state index contributed by atoms with van der Waals surface area (Å²) in [6.45, 7) is 4.13. The van der Waals surface area contributed by atoms with Crippen molar-refractivity contribution in [2.24, 2.45) is 17.8 Å². The Balaban J connectivity index is 2.00. The lowest BCUT2D eigenvalue weighted by atomic mass is 10.00. The van der Waals surface area contributed by atoms with Crippen molar-refractivity contribution in [3.8, 4) is 0 Å². The summed E-state index contributed by atoms with van der Waals surface area (Å²) in [6.07, 6.45) is 2.19. The molecule has 0 radical (unpaired) electrons. The van der Waals surface area contributed by atoms with E-state index >= 15 is 0 Å². The highest BCUT2D eigenvalue weighted by Gasteiger charge is 2.43. The summed E-state index contributed by atoms with van der Waals surface area (Å²) in [5.41, 5.74) is 0. The van der Waals surface area contributed by atoms with E-state index in [1.165, 1.54) is 4.90 Å². The molecule has 4 nitrogen and oxygen atoms in total. The molecule has 0 aromatic rings. The molecule has 1 N–H and O–H groups in total. The Bertz CT molecular complexity index is 295. The summed E-state index contributed by atoms with van der Waals surface area (Å²) in [4.78, 5) is 25.1. The fourth-order valence-corrected chi connectivity index (χ4v) is 2.68. The van der Waals surface area contributed by atoms with Crippen molar-refractivity contribution >= 4 is 11.8 Å². The average molecular weight is 225 g/mol. The Morgan fingerprint density at radius 1 is 1.19 bits per heavy atom. The second kappa shape index (κ2) is 4.17. The van der Waals surface area contributed by atoms with Crippen molar-refractivity contribution in [3.05, 3.63) is 0 Å². The van der Waals surface area contributed by atoms with Gasteiger partial charge in [0.2, 0.25) is 11.8 Å². The average Bonchev–Trinajstić information content (AvgIpc) is 2.73. The van der Waals surface area contributed by atoms with Gasteiger partial charge in [-0.15, -0.1) is 0 Å². The van der Waals surface area contributed by atoms with Gasteiger partial charge < -0.3 is 5.11 Å². The minimum absolute atomic E-state index is 0.0427. The van der Waals surface area contributed by atoms with Crippen LogP contribution in [0.2, 0.25) is 0 Å². The molecule has 2 rings (SSSR count). The highest BCUT2D eigenvalue weighted by Crippen LogP contribution is 2.31. The van der Waals surface area contributed by atoms with E-state index in [1.807, 2.05) is 13.8 Å². The number of hydrogen-bond acceptors (Lipinski definition) is 3. The first-order valence-corrected chi connectivity index (χ1v) is 6.04. The minimum atomic E-state index is -0.243. The number of aliphatic hydroxyl groups excluding tert-OH is 1. The van der Waals surface area contributed by atoms with E-state index in [2.05, 4.69) is 0 Å². The maximum Gasteiger partial charge on any atom is 0.232 e. The van der Waals surface area contributed by atoms with Gasteiger partial charge in [-0.1, -0.05) is 13.8 Å². The van der Waals surface area contributed by atoms with Crippen LogP contribution in [-0.2, 0) is 9.59 Å². The summed E-state index contributed by atoms with van der Waals surface area (Å²) in [5.74, 6) is -0.157. The Labute approximate surface area is 95.6 Å². The zero-order chi connectivity index (χ0) is 11.9. The number of nitrogens with zero attached hydrogens (tertiary/aromatic N) is 1. The summed E-state index contributed by atoms with van der Waals surface area (Å²) in [7, 11) is 0. The lowest BCUT2D eigenvalue weighted by Crippen LogP contribution is -2.35. The molecule has 4 heteroatoms. The maximum absolute atomic E-state index is 11.8. The predicted molar refractivity (Wildman–Crippen MR) is 58.4 cm³/mol. The largest absolute Gasteiger partial charge is 0.393 e. The van der Waals surface area contributed by atoms with Crippen molar-refractivity contribution < 1.29 is 14.7 Å². The van der Waals surface area contributed by atoms with Crippen LogP contribution in [0.1, 0.15) is 33.1 Å². The summed E-state index contributed by atoms with van der Waals surface area (Å²) >= 11 is 0. The van der Waals surface area contributed by atoms with E-state index in [-0.39, 0.29) is 29.8 Å². The molecule has 2 aliphatic rings. The molecule has 1 saturated heterocycles. The number of rotatable bonds is 2. The van der Waals surface area contributed by atoms with Crippen LogP contribution in [-0.4, -0.2) is 34.5 Å². The molecule has 4 unspecified atom stereocenters. The van der Waals surface area contributed by atoms with Gasteiger partial charge in [0.25, 0.3) is 0 Å². The number of amides is 2. The van der Waals surface area contributed by atoms with Crippen LogP contribution in [0.5, 0.6) is 0 Å². The molecule has 0 aromatic heterocycles. The first kappa shape index (κ1) is 11.6. The molecule has 90 valence electrons. The standard InChI is InChI=1S/C12H19NO3/c1-7-8(2)12(16)13(11(7)15)6-9-3-4-10(14)5-9/h7-10,14H,3-6H2,1-2H3. The maximum atomic E-state index is 11.8. The smallest absolute Gasteiger partial charge is 0.232 e. The van der Waals surface area contributed by atoms with Crippen LogP contribution in [0.4, 0.5) is 0 Å². The van der Waals surface area contributed by atoms with Crippen LogP contribution < -0.4 is 0 Å². The molecule has 4 atom stereocenters. The third-order valence-corrected chi connectivity index (χ3v) is 4.02. The predicted octanol–water partition coefficient (Wildman–Crippen LogP) is 0.788. The van der Waals surface area contributed by atoms with E-state index in [4.69, 9.17) is 0 Å². The quantitative estimate of drug-likeness (QED) is 0.707. The second-order valence-electron chi connectivity index (χ2n) is 5.20. The zero-order valence-corrected chi connectivity index (χ0v) is 9.85. The van der Waals surface area contributed by atoms with Crippen LogP contribution >= 0.6 is 0 Å². The van der Waals surface area contributed by atoms with Crippen molar-refractivity contribution in [1.82, 2.24) is 4.90 Å². The van der Waals surface area contributed by atoms with E-state index < -0.39 is 0 Å². The normalized spacial score (nSPS) is 39.8. The highest BCUT2D eigenvalue weighted by atomic mass is 16.3. The van der Waals surface area contributed by atoms with Crippen LogP contribution in [0.15, 0.2) is 0 Å². The Morgan fingerprint density at radius 3 is 2.19 bits per heavy atom. The number of carbonyl (C=O) groups excluding carboxylic acids is 2. The van der Waals surface area contributed by atoms with Crippen molar-refractivity contribution in [2.45, 2.75) is 39.2 Å². The van der Waals surface area contributed by atoms with Crippen LogP contribution in [0.25, 0.3) is 0 Å². The monoisotopic (exact) mass is 225 g/mol. The molecule has 2 fully saturated rings. The van der Waals surface area contributed by atoms with Crippen LogP contribution in [0.3, 0.4) is 0 Å². The van der Waals surface area contributed by atoms with Gasteiger partial charge in [-0.05, 0) is 25.2 Å². The van der Waals surface area contributed by atoms with Gasteiger partial charge in [-0.3, -0.25) is 14.5 Å². The van der Waals surface area contributed by atoms with Crippen molar-refractivity contribution in [2.75, 3.05) is 6.54 Å². The molecule has 1 aliphatic carbocycles. The number of likely N-dealkylation sites (tertiary alicyclic amines) is 1. The Hall–Kier alpha value is -0.900. The minimum Gasteiger partial charge on any atom is -0.393 e. The van der Waals surface area contributed by atoms with Gasteiger partial charge in [-0.25, -0.2) is 0 Å². The third kappa shape index (κ3) is 1.86. The van der Waals surface area contributed by atoms with Gasteiger partial charge in [0.05, 0.1) is 6.10 Å². The van der Waals surface area contributed by atoms with E-state index in [9.17, 15) is 14.7 Å². The Morgan fingerprint density at radius 2 is 1.75 bits per heavy atom. The molecule has 1 saturated carbocycles. The summed E-state index contributed by atoms with van der Waals surface area (Å²) in [6, 6.07) is 0. The molecular formula is C12H19NO3. The molecule has 1 aliphatic heterocycles. The Kier molecular flexibility index (Phi) is 3.02.